The molecular formula is C24H36N4O7S2. The lowest BCUT2D eigenvalue weighted by molar-refractivity contribution is -0.142. The Hall–Kier alpha value is -2.77. The topological polar surface area (TPSA) is 188 Å². The van der Waals surface area contributed by atoms with Crippen molar-refractivity contribution in [2.24, 2.45) is 5.73 Å². The van der Waals surface area contributed by atoms with Crippen LogP contribution in [0.15, 0.2) is 30.3 Å². The largest absolute Gasteiger partial charge is 0.481 e. The van der Waals surface area contributed by atoms with E-state index in [1.807, 2.05) is 12.5 Å². The molecule has 37 heavy (non-hydrogen) atoms. The van der Waals surface area contributed by atoms with Crippen LogP contribution in [0, 0.1) is 0 Å². The zero-order valence-corrected chi connectivity index (χ0v) is 22.6. The fourth-order valence-corrected chi connectivity index (χ4v) is 4.24. The van der Waals surface area contributed by atoms with Crippen LogP contribution in [0.3, 0.4) is 0 Å². The van der Waals surface area contributed by atoms with Crippen molar-refractivity contribution in [3.05, 3.63) is 35.9 Å². The van der Waals surface area contributed by atoms with Crippen molar-refractivity contribution >= 4 is 53.2 Å². The van der Waals surface area contributed by atoms with Gasteiger partial charge >= 0.3 is 11.9 Å². The van der Waals surface area contributed by atoms with Crippen LogP contribution < -0.4 is 21.7 Å². The van der Waals surface area contributed by atoms with Crippen LogP contribution >= 0.6 is 23.5 Å². The lowest BCUT2D eigenvalue weighted by Crippen LogP contribution is -2.57. The van der Waals surface area contributed by atoms with Crippen molar-refractivity contribution in [3.8, 4) is 0 Å². The second-order valence-electron chi connectivity index (χ2n) is 8.31. The Kier molecular flexibility index (Phi) is 15.4. The van der Waals surface area contributed by atoms with Gasteiger partial charge in [-0.3, -0.25) is 19.2 Å². The lowest BCUT2D eigenvalue weighted by atomic mass is 10.0. The average Bonchev–Trinajstić information content (AvgIpc) is 2.87. The Bertz CT molecular complexity index is 904. The number of nitrogens with one attached hydrogen (secondary N) is 3. The van der Waals surface area contributed by atoms with Crippen molar-refractivity contribution in [2.45, 2.75) is 56.3 Å². The molecule has 4 unspecified atom stereocenters. The third-order valence-corrected chi connectivity index (χ3v) is 6.68. The Morgan fingerprint density at radius 1 is 0.784 bits per heavy atom. The molecule has 3 amide bonds. The number of benzene rings is 1. The Labute approximate surface area is 225 Å². The van der Waals surface area contributed by atoms with Gasteiger partial charge in [0.15, 0.2) is 0 Å². The minimum absolute atomic E-state index is 0.0751. The van der Waals surface area contributed by atoms with Gasteiger partial charge in [-0.05, 0) is 48.8 Å². The number of aliphatic carboxylic acids is 2. The maximum absolute atomic E-state index is 13.1. The number of rotatable bonds is 18. The molecule has 0 aliphatic heterocycles. The molecule has 0 radical (unpaired) electrons. The third kappa shape index (κ3) is 12.8. The van der Waals surface area contributed by atoms with Crippen LogP contribution in [0.4, 0.5) is 0 Å². The fourth-order valence-electron chi connectivity index (χ4n) is 3.29. The SMILES string of the molecule is CSCCC(NC(=O)C(N)CCC(=O)O)C(=O)NC(CCSC)C(=O)NC(Cc1ccccc1)C(=O)O. The highest BCUT2D eigenvalue weighted by atomic mass is 32.2. The van der Waals surface area contributed by atoms with Crippen molar-refractivity contribution in [1.82, 2.24) is 16.0 Å². The predicted octanol–water partition coefficient (Wildman–Crippen LogP) is 0.466. The molecule has 0 aliphatic rings. The minimum atomic E-state index is -1.20. The summed E-state index contributed by atoms with van der Waals surface area (Å²) in [5.41, 5.74) is 6.50. The van der Waals surface area contributed by atoms with E-state index >= 15 is 0 Å². The first-order valence-electron chi connectivity index (χ1n) is 11.7. The number of hydrogen-bond donors (Lipinski definition) is 6. The summed E-state index contributed by atoms with van der Waals surface area (Å²) < 4.78 is 0. The van der Waals surface area contributed by atoms with Gasteiger partial charge in [-0.1, -0.05) is 30.3 Å². The molecule has 1 aromatic rings. The highest BCUT2D eigenvalue weighted by Crippen LogP contribution is 2.08. The van der Waals surface area contributed by atoms with E-state index in [1.54, 1.807) is 30.3 Å². The quantitative estimate of drug-likeness (QED) is 0.148. The number of nitrogens with two attached hydrogens (primary N) is 1. The van der Waals surface area contributed by atoms with Crippen molar-refractivity contribution < 1.29 is 34.2 Å². The van der Waals surface area contributed by atoms with Crippen LogP contribution in [-0.2, 0) is 30.4 Å². The van der Waals surface area contributed by atoms with Gasteiger partial charge in [0.25, 0.3) is 0 Å². The van der Waals surface area contributed by atoms with Gasteiger partial charge < -0.3 is 31.9 Å². The van der Waals surface area contributed by atoms with Crippen LogP contribution in [0.1, 0.15) is 31.2 Å². The molecule has 0 aliphatic carbocycles. The molecule has 1 aromatic carbocycles. The molecule has 11 nitrogen and oxygen atoms in total. The molecular weight excluding hydrogens is 520 g/mol. The number of carboxylic acids is 2. The van der Waals surface area contributed by atoms with Gasteiger partial charge in [0.1, 0.15) is 18.1 Å². The van der Waals surface area contributed by atoms with Crippen molar-refractivity contribution in [3.63, 3.8) is 0 Å². The standard InChI is InChI=1S/C24H36N4O7S2/c1-36-12-10-17(26-21(31)16(25)8-9-20(29)30)22(32)27-18(11-13-37-2)23(33)28-19(24(34)35)14-15-6-4-3-5-7-15/h3-7,16-19H,8-14,25H2,1-2H3,(H,26,31)(H,27,32)(H,28,33)(H,29,30)(H,34,35). The molecule has 0 bridgehead atoms. The van der Waals surface area contributed by atoms with E-state index in [9.17, 15) is 29.1 Å². The molecule has 0 spiro atoms. The molecule has 206 valence electrons. The van der Waals surface area contributed by atoms with E-state index in [0.717, 1.165) is 5.56 Å². The summed E-state index contributed by atoms with van der Waals surface area (Å²) in [5, 5.41) is 26.2. The van der Waals surface area contributed by atoms with Gasteiger partial charge in [-0.2, -0.15) is 23.5 Å². The summed E-state index contributed by atoms with van der Waals surface area (Å²) in [5.74, 6) is -3.15. The van der Waals surface area contributed by atoms with E-state index in [2.05, 4.69) is 16.0 Å². The molecule has 0 saturated carbocycles. The maximum atomic E-state index is 13.1. The van der Waals surface area contributed by atoms with E-state index in [1.165, 1.54) is 23.5 Å². The van der Waals surface area contributed by atoms with Crippen LogP contribution in [0.5, 0.6) is 0 Å². The zero-order chi connectivity index (χ0) is 27.8. The maximum Gasteiger partial charge on any atom is 0.326 e. The van der Waals surface area contributed by atoms with E-state index in [-0.39, 0.29) is 32.1 Å². The van der Waals surface area contributed by atoms with Crippen molar-refractivity contribution in [2.75, 3.05) is 24.0 Å². The van der Waals surface area contributed by atoms with E-state index in [0.29, 0.717) is 11.5 Å². The molecule has 0 saturated heterocycles. The second kappa shape index (κ2) is 17.6. The van der Waals surface area contributed by atoms with E-state index in [4.69, 9.17) is 10.8 Å². The lowest BCUT2D eigenvalue weighted by Gasteiger charge is -2.25. The van der Waals surface area contributed by atoms with Gasteiger partial charge in [-0.25, -0.2) is 4.79 Å². The summed E-state index contributed by atoms with van der Waals surface area (Å²) >= 11 is 2.92. The summed E-state index contributed by atoms with van der Waals surface area (Å²) in [6.07, 6.45) is 3.88. The fraction of sp³-hybridized carbons (Fsp3) is 0.542. The number of carbonyl (C=O) groups is 5. The third-order valence-electron chi connectivity index (χ3n) is 5.39. The van der Waals surface area contributed by atoms with Crippen LogP contribution in [0.25, 0.3) is 0 Å². The minimum Gasteiger partial charge on any atom is -0.481 e. The first kappa shape index (κ1) is 32.3. The molecule has 13 heteroatoms. The molecule has 0 fully saturated rings. The average molecular weight is 557 g/mol. The molecule has 7 N–H and O–H groups in total. The van der Waals surface area contributed by atoms with Crippen LogP contribution in [0.2, 0.25) is 0 Å². The number of hydrogen-bond acceptors (Lipinski definition) is 8. The van der Waals surface area contributed by atoms with E-state index < -0.39 is 53.8 Å². The monoisotopic (exact) mass is 556 g/mol. The highest BCUT2D eigenvalue weighted by Gasteiger charge is 2.30. The first-order chi connectivity index (χ1) is 17.6. The Morgan fingerprint density at radius 2 is 1.27 bits per heavy atom. The van der Waals surface area contributed by atoms with Crippen LogP contribution in [-0.4, -0.2) is 88.1 Å². The summed E-state index contributed by atoms with van der Waals surface area (Å²) in [6.45, 7) is 0. The summed E-state index contributed by atoms with van der Waals surface area (Å²) in [6, 6.07) is 4.55. The molecule has 1 rings (SSSR count). The summed E-state index contributed by atoms with van der Waals surface area (Å²) in [7, 11) is 0. The number of carboxylic acid groups (broad SMARTS) is 2. The number of thioether (sulfide) groups is 2. The molecule has 4 atom stereocenters. The molecule has 0 heterocycles. The molecule has 0 aromatic heterocycles. The van der Waals surface area contributed by atoms with Gasteiger partial charge in [0, 0.05) is 12.8 Å². The Morgan fingerprint density at radius 3 is 1.73 bits per heavy atom. The predicted molar refractivity (Wildman–Crippen MR) is 144 cm³/mol. The smallest absolute Gasteiger partial charge is 0.326 e. The zero-order valence-electron chi connectivity index (χ0n) is 21.0. The van der Waals surface area contributed by atoms with Gasteiger partial charge in [-0.15, -0.1) is 0 Å². The first-order valence-corrected chi connectivity index (χ1v) is 14.5. The van der Waals surface area contributed by atoms with Gasteiger partial charge in [0.05, 0.1) is 6.04 Å². The highest BCUT2D eigenvalue weighted by molar-refractivity contribution is 7.98. The Balaban J connectivity index is 2.94. The number of carbonyl (C=O) groups excluding carboxylic acids is 3. The summed E-state index contributed by atoms with van der Waals surface area (Å²) in [4.78, 5) is 61.1. The second-order valence-corrected chi connectivity index (χ2v) is 10.3. The van der Waals surface area contributed by atoms with Gasteiger partial charge in [0.2, 0.25) is 17.7 Å². The van der Waals surface area contributed by atoms with Crippen molar-refractivity contribution in [1.29, 1.82) is 0 Å². The number of amides is 3. The normalized spacial score (nSPS) is 14.0.